The molecule has 1 rings (SSSR count). The highest BCUT2D eigenvalue weighted by molar-refractivity contribution is 5.98. The monoisotopic (exact) mass is 343 g/mol. The second-order valence-electron chi connectivity index (χ2n) is 6.07. The van der Waals surface area contributed by atoms with E-state index in [4.69, 9.17) is 13.9 Å². The minimum atomic E-state index is -1.15. The van der Waals surface area contributed by atoms with E-state index in [1.807, 2.05) is 27.7 Å². The first-order chi connectivity index (χ1) is 10.8. The Hall–Kier alpha value is -0.823. The van der Waals surface area contributed by atoms with E-state index in [0.717, 1.165) is 24.5 Å². The van der Waals surface area contributed by atoms with Crippen LogP contribution in [0.1, 0.15) is 52.5 Å². The van der Waals surface area contributed by atoms with E-state index >= 15 is 0 Å². The van der Waals surface area contributed by atoms with Gasteiger partial charge in [0.2, 0.25) is 0 Å². The summed E-state index contributed by atoms with van der Waals surface area (Å²) in [6.07, 6.45) is 2.59. The SMILES string of the molecule is CC(C)OC(CCCCc1ccc(F)c(F)c1)(O[Si])OC(C)C. The molecule has 0 bridgehead atoms. The zero-order valence-corrected chi connectivity index (χ0v) is 15.2. The van der Waals surface area contributed by atoms with E-state index in [2.05, 4.69) is 10.5 Å². The van der Waals surface area contributed by atoms with Crippen LogP contribution in [0.4, 0.5) is 8.78 Å². The van der Waals surface area contributed by atoms with Crippen molar-refractivity contribution < 1.29 is 22.7 Å². The zero-order valence-electron chi connectivity index (χ0n) is 14.2. The van der Waals surface area contributed by atoms with E-state index in [0.29, 0.717) is 12.8 Å². The molecular formula is C17H25F2O3Si. The van der Waals surface area contributed by atoms with Gasteiger partial charge in [0.15, 0.2) is 11.6 Å². The van der Waals surface area contributed by atoms with Crippen molar-refractivity contribution in [2.45, 2.75) is 71.6 Å². The molecule has 0 spiro atoms. The van der Waals surface area contributed by atoms with Gasteiger partial charge >= 0.3 is 0 Å². The first kappa shape index (κ1) is 20.2. The lowest BCUT2D eigenvalue weighted by Gasteiger charge is -2.35. The second-order valence-corrected chi connectivity index (χ2v) is 6.28. The quantitative estimate of drug-likeness (QED) is 0.360. The first-order valence-corrected chi connectivity index (χ1v) is 8.33. The third-order valence-corrected chi connectivity index (χ3v) is 3.48. The average molecular weight is 343 g/mol. The van der Waals surface area contributed by atoms with Crippen molar-refractivity contribution >= 4 is 10.5 Å². The third kappa shape index (κ3) is 7.08. The molecular weight excluding hydrogens is 318 g/mol. The fourth-order valence-electron chi connectivity index (χ4n) is 2.33. The highest BCUT2D eigenvalue weighted by atomic mass is 28.2. The van der Waals surface area contributed by atoms with Gasteiger partial charge in [-0.1, -0.05) is 6.07 Å². The number of unbranched alkanes of at least 4 members (excludes halogenated alkanes) is 1. The summed E-state index contributed by atoms with van der Waals surface area (Å²) < 4.78 is 42.9. The molecule has 0 aromatic heterocycles. The molecule has 0 saturated carbocycles. The Morgan fingerprint density at radius 1 is 1.00 bits per heavy atom. The van der Waals surface area contributed by atoms with E-state index < -0.39 is 17.6 Å². The maximum atomic E-state index is 13.2. The minimum Gasteiger partial charge on any atom is -0.371 e. The van der Waals surface area contributed by atoms with Gasteiger partial charge in [-0.15, -0.1) is 0 Å². The maximum absolute atomic E-state index is 13.2. The summed E-state index contributed by atoms with van der Waals surface area (Å²) in [5.41, 5.74) is 0.767. The highest BCUT2D eigenvalue weighted by Gasteiger charge is 2.33. The molecule has 23 heavy (non-hydrogen) atoms. The summed E-state index contributed by atoms with van der Waals surface area (Å²) in [6.45, 7) is 7.63. The Kier molecular flexibility index (Phi) is 8.32. The summed E-state index contributed by atoms with van der Waals surface area (Å²) in [5.74, 6) is -2.78. The van der Waals surface area contributed by atoms with Crippen molar-refractivity contribution in [2.24, 2.45) is 0 Å². The second kappa shape index (κ2) is 9.47. The van der Waals surface area contributed by atoms with Crippen LogP contribution in [0.2, 0.25) is 0 Å². The van der Waals surface area contributed by atoms with Crippen molar-refractivity contribution in [2.75, 3.05) is 0 Å². The van der Waals surface area contributed by atoms with Gasteiger partial charge in [0.1, 0.15) is 0 Å². The summed E-state index contributed by atoms with van der Waals surface area (Å²) in [5, 5.41) is 0. The summed E-state index contributed by atoms with van der Waals surface area (Å²) in [4.78, 5) is 0. The third-order valence-electron chi connectivity index (χ3n) is 3.17. The van der Waals surface area contributed by atoms with E-state index in [-0.39, 0.29) is 12.2 Å². The van der Waals surface area contributed by atoms with Crippen molar-refractivity contribution in [3.63, 3.8) is 0 Å². The first-order valence-electron chi connectivity index (χ1n) is 7.92. The van der Waals surface area contributed by atoms with Crippen LogP contribution in [0.15, 0.2) is 18.2 Å². The molecule has 129 valence electrons. The Morgan fingerprint density at radius 3 is 2.09 bits per heavy atom. The number of benzene rings is 1. The maximum Gasteiger partial charge on any atom is 0.273 e. The van der Waals surface area contributed by atoms with Crippen molar-refractivity contribution in [3.8, 4) is 0 Å². The van der Waals surface area contributed by atoms with E-state index in [9.17, 15) is 8.78 Å². The van der Waals surface area contributed by atoms with Crippen LogP contribution in [0.3, 0.4) is 0 Å². The molecule has 0 aliphatic carbocycles. The van der Waals surface area contributed by atoms with Gasteiger partial charge in [0, 0.05) is 6.42 Å². The summed E-state index contributed by atoms with van der Waals surface area (Å²) in [6, 6.07) is 3.99. The Bertz CT molecular complexity index is 471. The summed E-state index contributed by atoms with van der Waals surface area (Å²) in [7, 11) is 3.06. The molecule has 0 unspecified atom stereocenters. The molecule has 0 fully saturated rings. The lowest BCUT2D eigenvalue weighted by atomic mass is 10.1. The fourth-order valence-corrected chi connectivity index (χ4v) is 2.53. The number of hydrogen-bond acceptors (Lipinski definition) is 3. The van der Waals surface area contributed by atoms with Crippen molar-refractivity contribution in [1.29, 1.82) is 0 Å². The molecule has 0 heterocycles. The van der Waals surface area contributed by atoms with Gasteiger partial charge < -0.3 is 13.9 Å². The van der Waals surface area contributed by atoms with Gasteiger partial charge in [-0.3, -0.25) is 0 Å². The van der Waals surface area contributed by atoms with Crippen molar-refractivity contribution in [1.82, 2.24) is 0 Å². The number of halogens is 2. The molecule has 0 atom stereocenters. The Balaban J connectivity index is 2.55. The largest absolute Gasteiger partial charge is 0.371 e. The van der Waals surface area contributed by atoms with E-state index in [1.165, 1.54) is 6.07 Å². The molecule has 1 aromatic carbocycles. The molecule has 0 aliphatic rings. The van der Waals surface area contributed by atoms with Crippen molar-refractivity contribution in [3.05, 3.63) is 35.4 Å². The molecule has 0 N–H and O–H groups in total. The van der Waals surface area contributed by atoms with Crippen LogP contribution in [0.25, 0.3) is 0 Å². The Labute approximate surface area is 140 Å². The molecule has 0 amide bonds. The van der Waals surface area contributed by atoms with Crippen LogP contribution in [-0.2, 0) is 20.3 Å². The molecule has 1 aromatic rings. The normalized spacial score (nSPS) is 12.4. The van der Waals surface area contributed by atoms with Crippen LogP contribution >= 0.6 is 0 Å². The average Bonchev–Trinajstić information content (AvgIpc) is 2.45. The molecule has 0 saturated heterocycles. The number of hydrogen-bond donors (Lipinski definition) is 0. The highest BCUT2D eigenvalue weighted by Crippen LogP contribution is 2.26. The topological polar surface area (TPSA) is 27.7 Å². The van der Waals surface area contributed by atoms with Gasteiger partial charge in [-0.05, 0) is 64.7 Å². The molecule has 3 nitrogen and oxygen atoms in total. The molecule has 6 heteroatoms. The van der Waals surface area contributed by atoms with Crippen LogP contribution in [0.5, 0.6) is 0 Å². The van der Waals surface area contributed by atoms with Gasteiger partial charge in [-0.2, -0.15) is 0 Å². The smallest absolute Gasteiger partial charge is 0.273 e. The zero-order chi connectivity index (χ0) is 17.5. The van der Waals surface area contributed by atoms with Crippen LogP contribution in [0, 0.1) is 11.6 Å². The predicted octanol–water partition coefficient (Wildman–Crippen LogP) is 4.28. The van der Waals surface area contributed by atoms with Gasteiger partial charge in [-0.25, -0.2) is 8.78 Å². The fraction of sp³-hybridized carbons (Fsp3) is 0.647. The van der Waals surface area contributed by atoms with Crippen LogP contribution < -0.4 is 0 Å². The lowest BCUT2D eigenvalue weighted by Crippen LogP contribution is -2.42. The van der Waals surface area contributed by atoms with E-state index in [1.54, 1.807) is 6.07 Å². The number of rotatable bonds is 10. The summed E-state index contributed by atoms with van der Waals surface area (Å²) >= 11 is 0. The number of ether oxygens (including phenoxy) is 2. The molecule has 3 radical (unpaired) electrons. The molecule has 0 aliphatic heterocycles. The predicted molar refractivity (Wildman–Crippen MR) is 85.9 cm³/mol. The standard InChI is InChI=1S/C17H25F2O3Si/c1-12(2)20-17(22-23,21-13(3)4)10-6-5-7-14-8-9-15(18)16(19)11-14/h8-9,11-13H,5-7,10H2,1-4H3. The Morgan fingerprint density at radius 2 is 1.61 bits per heavy atom. The van der Waals surface area contributed by atoms with Crippen LogP contribution in [-0.4, -0.2) is 28.7 Å². The van der Waals surface area contributed by atoms with Gasteiger partial charge in [0.25, 0.3) is 16.5 Å². The number of aryl methyl sites for hydroxylation is 1. The van der Waals surface area contributed by atoms with Gasteiger partial charge in [0.05, 0.1) is 12.2 Å². The minimum absolute atomic E-state index is 0.0590. The lowest BCUT2D eigenvalue weighted by molar-refractivity contribution is -0.369.